The number of halogens is 1. The first-order valence-corrected chi connectivity index (χ1v) is 6.83. The number of ether oxygens (including phenoxy) is 1. The lowest BCUT2D eigenvalue weighted by molar-refractivity contribution is 0.122. The van der Waals surface area contributed by atoms with Gasteiger partial charge in [-0.15, -0.1) is 0 Å². The zero-order chi connectivity index (χ0) is 11.0. The summed E-state index contributed by atoms with van der Waals surface area (Å²) in [5.74, 6) is 2.65. The molecule has 0 N–H and O–H groups in total. The molecule has 16 heavy (non-hydrogen) atoms. The molecule has 1 aromatic heterocycles. The van der Waals surface area contributed by atoms with Crippen LogP contribution in [0.15, 0.2) is 0 Å². The highest BCUT2D eigenvalue weighted by atomic mass is 35.5. The van der Waals surface area contributed by atoms with Crippen molar-refractivity contribution >= 4 is 29.3 Å². The van der Waals surface area contributed by atoms with E-state index in [1.807, 2.05) is 11.8 Å². The van der Waals surface area contributed by atoms with E-state index in [0.717, 1.165) is 55.0 Å². The third-order valence-electron chi connectivity index (χ3n) is 2.81. The molecule has 6 heteroatoms. The SMILES string of the molecule is Clc1nc(N2CCOCC2)nc2c1CSC2. The van der Waals surface area contributed by atoms with Crippen molar-refractivity contribution in [2.45, 2.75) is 11.5 Å². The van der Waals surface area contributed by atoms with Gasteiger partial charge < -0.3 is 9.64 Å². The van der Waals surface area contributed by atoms with E-state index in [1.54, 1.807) is 0 Å². The standard InChI is InChI=1S/C10H12ClN3OS/c11-9-7-5-16-6-8(7)12-10(13-9)14-1-3-15-4-2-14/h1-6H2. The Morgan fingerprint density at radius 3 is 2.81 bits per heavy atom. The van der Waals surface area contributed by atoms with Crippen LogP contribution in [0, 0.1) is 0 Å². The maximum Gasteiger partial charge on any atom is 0.227 e. The summed E-state index contributed by atoms with van der Waals surface area (Å²) in [5.41, 5.74) is 2.22. The van der Waals surface area contributed by atoms with Crippen LogP contribution in [0.3, 0.4) is 0 Å². The van der Waals surface area contributed by atoms with Crippen LogP contribution in [-0.4, -0.2) is 36.3 Å². The molecule has 1 saturated heterocycles. The summed E-state index contributed by atoms with van der Waals surface area (Å²) in [6.45, 7) is 3.18. The predicted octanol–water partition coefficient (Wildman–Crippen LogP) is 1.71. The number of rotatable bonds is 1. The minimum atomic E-state index is 0.622. The molecule has 0 radical (unpaired) electrons. The molecule has 3 heterocycles. The fraction of sp³-hybridized carbons (Fsp3) is 0.600. The fourth-order valence-corrected chi connectivity index (χ4v) is 3.28. The van der Waals surface area contributed by atoms with Gasteiger partial charge in [0.2, 0.25) is 5.95 Å². The Labute approximate surface area is 103 Å². The molecule has 0 saturated carbocycles. The van der Waals surface area contributed by atoms with Crippen molar-refractivity contribution in [2.24, 2.45) is 0 Å². The van der Waals surface area contributed by atoms with E-state index in [4.69, 9.17) is 16.3 Å². The summed E-state index contributed by atoms with van der Waals surface area (Å²) >= 11 is 8.01. The minimum Gasteiger partial charge on any atom is -0.378 e. The monoisotopic (exact) mass is 257 g/mol. The molecule has 3 rings (SSSR count). The van der Waals surface area contributed by atoms with Crippen molar-refractivity contribution in [3.8, 4) is 0 Å². The van der Waals surface area contributed by atoms with Gasteiger partial charge in [-0.1, -0.05) is 11.6 Å². The molecule has 1 fully saturated rings. The summed E-state index contributed by atoms with van der Waals surface area (Å²) in [4.78, 5) is 11.1. The van der Waals surface area contributed by atoms with Gasteiger partial charge in [0.1, 0.15) is 5.15 Å². The summed E-state index contributed by atoms with van der Waals surface area (Å²) in [6, 6.07) is 0. The van der Waals surface area contributed by atoms with E-state index in [2.05, 4.69) is 14.9 Å². The van der Waals surface area contributed by atoms with Gasteiger partial charge in [0.15, 0.2) is 0 Å². The van der Waals surface area contributed by atoms with Crippen molar-refractivity contribution in [3.05, 3.63) is 16.4 Å². The van der Waals surface area contributed by atoms with Crippen LogP contribution in [0.5, 0.6) is 0 Å². The second kappa shape index (κ2) is 4.39. The third kappa shape index (κ3) is 1.87. The van der Waals surface area contributed by atoms with Crippen LogP contribution in [0.2, 0.25) is 5.15 Å². The summed E-state index contributed by atoms with van der Waals surface area (Å²) in [6.07, 6.45) is 0. The van der Waals surface area contributed by atoms with Crippen molar-refractivity contribution in [3.63, 3.8) is 0 Å². The van der Waals surface area contributed by atoms with Crippen LogP contribution in [0.1, 0.15) is 11.3 Å². The molecule has 0 bridgehead atoms. The Balaban J connectivity index is 1.92. The highest BCUT2D eigenvalue weighted by Crippen LogP contribution is 2.33. The van der Waals surface area contributed by atoms with Crippen LogP contribution in [-0.2, 0) is 16.2 Å². The van der Waals surface area contributed by atoms with Crippen LogP contribution in [0.25, 0.3) is 0 Å². The Morgan fingerprint density at radius 1 is 1.19 bits per heavy atom. The van der Waals surface area contributed by atoms with Crippen molar-refractivity contribution < 1.29 is 4.74 Å². The maximum atomic E-state index is 6.17. The van der Waals surface area contributed by atoms with Gasteiger partial charge in [-0.25, -0.2) is 9.97 Å². The second-order valence-corrected chi connectivity index (χ2v) is 5.18. The van der Waals surface area contributed by atoms with Gasteiger partial charge >= 0.3 is 0 Å². The first-order valence-electron chi connectivity index (χ1n) is 5.30. The largest absolute Gasteiger partial charge is 0.378 e. The van der Waals surface area contributed by atoms with E-state index in [-0.39, 0.29) is 0 Å². The van der Waals surface area contributed by atoms with Gasteiger partial charge in [0.25, 0.3) is 0 Å². The Kier molecular flexibility index (Phi) is 2.91. The second-order valence-electron chi connectivity index (χ2n) is 3.83. The molecule has 0 aliphatic carbocycles. The third-order valence-corrected chi connectivity index (χ3v) is 4.09. The van der Waals surface area contributed by atoms with Gasteiger partial charge in [-0.3, -0.25) is 0 Å². The molecule has 2 aliphatic heterocycles. The van der Waals surface area contributed by atoms with Crippen molar-refractivity contribution in [1.29, 1.82) is 0 Å². The van der Waals surface area contributed by atoms with Gasteiger partial charge in [-0.2, -0.15) is 11.8 Å². The Hall–Kier alpha value is -0.520. The van der Waals surface area contributed by atoms with Crippen LogP contribution < -0.4 is 4.90 Å². The quantitative estimate of drug-likeness (QED) is 0.716. The minimum absolute atomic E-state index is 0.622. The summed E-state index contributed by atoms with van der Waals surface area (Å²) < 4.78 is 5.31. The van der Waals surface area contributed by atoms with Crippen molar-refractivity contribution in [2.75, 3.05) is 31.2 Å². The highest BCUT2D eigenvalue weighted by molar-refractivity contribution is 7.98. The molecule has 4 nitrogen and oxygen atoms in total. The van der Waals surface area contributed by atoms with Crippen LogP contribution in [0.4, 0.5) is 5.95 Å². The topological polar surface area (TPSA) is 38.2 Å². The number of fused-ring (bicyclic) bond motifs is 1. The fourth-order valence-electron chi connectivity index (χ4n) is 1.90. The van der Waals surface area contributed by atoms with E-state index in [1.165, 1.54) is 0 Å². The average molecular weight is 258 g/mol. The molecule has 86 valence electrons. The number of thioether (sulfide) groups is 1. The zero-order valence-corrected chi connectivity index (χ0v) is 10.4. The smallest absolute Gasteiger partial charge is 0.227 e. The number of anilines is 1. The normalized spacial score (nSPS) is 19.9. The Morgan fingerprint density at radius 2 is 2.00 bits per heavy atom. The molecule has 0 aromatic carbocycles. The number of hydrogen-bond donors (Lipinski definition) is 0. The molecular formula is C10H12ClN3OS. The number of hydrogen-bond acceptors (Lipinski definition) is 5. The number of nitrogens with zero attached hydrogens (tertiary/aromatic N) is 3. The highest BCUT2D eigenvalue weighted by Gasteiger charge is 2.21. The summed E-state index contributed by atoms with van der Waals surface area (Å²) in [7, 11) is 0. The van der Waals surface area contributed by atoms with Crippen LogP contribution >= 0.6 is 23.4 Å². The first-order chi connectivity index (χ1) is 7.84. The Bertz CT molecular complexity index is 409. The summed E-state index contributed by atoms with van der Waals surface area (Å²) in [5, 5.41) is 0.622. The zero-order valence-electron chi connectivity index (χ0n) is 8.78. The predicted molar refractivity (Wildman–Crippen MR) is 65.1 cm³/mol. The first kappa shape index (κ1) is 10.6. The van der Waals surface area contributed by atoms with Gasteiger partial charge in [-0.05, 0) is 0 Å². The van der Waals surface area contributed by atoms with Crippen molar-refractivity contribution in [1.82, 2.24) is 9.97 Å². The maximum absolute atomic E-state index is 6.17. The molecular weight excluding hydrogens is 246 g/mol. The van der Waals surface area contributed by atoms with E-state index in [9.17, 15) is 0 Å². The van der Waals surface area contributed by atoms with E-state index in [0.29, 0.717) is 5.15 Å². The lowest BCUT2D eigenvalue weighted by atomic mass is 10.3. The molecule has 0 spiro atoms. The molecule has 1 aromatic rings. The number of morpholine rings is 1. The van der Waals surface area contributed by atoms with E-state index >= 15 is 0 Å². The molecule has 0 amide bonds. The average Bonchev–Trinajstić information content (AvgIpc) is 2.79. The number of aromatic nitrogens is 2. The van der Waals surface area contributed by atoms with E-state index < -0.39 is 0 Å². The lowest BCUT2D eigenvalue weighted by Gasteiger charge is -2.27. The lowest BCUT2D eigenvalue weighted by Crippen LogP contribution is -2.37. The van der Waals surface area contributed by atoms with Gasteiger partial charge in [0.05, 0.1) is 18.9 Å². The molecule has 0 atom stereocenters. The molecule has 2 aliphatic rings. The van der Waals surface area contributed by atoms with Gasteiger partial charge in [0, 0.05) is 30.2 Å². The molecule has 0 unspecified atom stereocenters.